The first kappa shape index (κ1) is 18.0. The molecule has 4 N–H and O–H groups in total. The van der Waals surface area contributed by atoms with Gasteiger partial charge >= 0.3 is 0 Å². The van der Waals surface area contributed by atoms with Gasteiger partial charge in [0.2, 0.25) is 0 Å². The van der Waals surface area contributed by atoms with E-state index < -0.39 is 0 Å². The number of benzene rings is 1. The number of aromatic nitrogens is 3. The van der Waals surface area contributed by atoms with Crippen molar-refractivity contribution in [1.29, 1.82) is 0 Å². The second-order valence-electron chi connectivity index (χ2n) is 8.27. The molecule has 142 valence electrons. The molecule has 1 aliphatic rings. The van der Waals surface area contributed by atoms with Crippen LogP contribution in [0.4, 0.5) is 5.82 Å². The third-order valence-electron chi connectivity index (χ3n) is 5.68. The summed E-state index contributed by atoms with van der Waals surface area (Å²) in [5, 5.41) is 0.962. The summed E-state index contributed by atoms with van der Waals surface area (Å²) in [7, 11) is 0. The minimum atomic E-state index is 0.329. The third-order valence-corrected chi connectivity index (χ3v) is 5.68. The van der Waals surface area contributed by atoms with Crippen LogP contribution in [-0.2, 0) is 6.42 Å². The monoisotopic (exact) mass is 363 g/mol. The van der Waals surface area contributed by atoms with Gasteiger partial charge in [-0.15, -0.1) is 0 Å². The van der Waals surface area contributed by atoms with Gasteiger partial charge in [0.05, 0.1) is 5.39 Å². The number of anilines is 1. The van der Waals surface area contributed by atoms with E-state index >= 15 is 0 Å². The molecule has 0 aliphatic heterocycles. The lowest BCUT2D eigenvalue weighted by atomic mass is 9.92. The smallest absolute Gasteiger partial charge is 0.146 e. The first-order valence-electron chi connectivity index (χ1n) is 9.99. The summed E-state index contributed by atoms with van der Waals surface area (Å²) in [6.07, 6.45) is 9.17. The molecule has 1 aliphatic carbocycles. The van der Waals surface area contributed by atoms with E-state index in [1.807, 2.05) is 0 Å². The van der Waals surface area contributed by atoms with Crippen molar-refractivity contribution in [3.05, 3.63) is 42.4 Å². The Labute approximate surface area is 160 Å². The second-order valence-corrected chi connectivity index (χ2v) is 8.27. The first-order valence-corrected chi connectivity index (χ1v) is 9.99. The molecule has 0 spiro atoms. The summed E-state index contributed by atoms with van der Waals surface area (Å²) >= 11 is 0. The largest absolute Gasteiger partial charge is 0.383 e. The molecular formula is C22H29N5. The molecule has 2 aromatic heterocycles. The van der Waals surface area contributed by atoms with Gasteiger partial charge in [0.15, 0.2) is 0 Å². The number of fused-ring (bicyclic) bond motifs is 1. The average molecular weight is 364 g/mol. The van der Waals surface area contributed by atoms with Crippen molar-refractivity contribution >= 4 is 16.9 Å². The van der Waals surface area contributed by atoms with Crippen LogP contribution in [0.1, 0.15) is 51.1 Å². The van der Waals surface area contributed by atoms with Crippen LogP contribution < -0.4 is 11.5 Å². The zero-order valence-corrected chi connectivity index (χ0v) is 16.2. The van der Waals surface area contributed by atoms with E-state index in [1.165, 1.54) is 11.1 Å². The van der Waals surface area contributed by atoms with Crippen LogP contribution in [0.3, 0.4) is 0 Å². The van der Waals surface area contributed by atoms with E-state index in [1.54, 1.807) is 6.33 Å². The molecule has 5 nitrogen and oxygen atoms in total. The summed E-state index contributed by atoms with van der Waals surface area (Å²) in [5.74, 6) is 1.20. The van der Waals surface area contributed by atoms with E-state index in [0.29, 0.717) is 23.8 Å². The van der Waals surface area contributed by atoms with E-state index in [2.05, 4.69) is 58.8 Å². The minimum Gasteiger partial charge on any atom is -0.383 e. The van der Waals surface area contributed by atoms with Gasteiger partial charge in [-0.3, -0.25) is 0 Å². The molecule has 2 heterocycles. The standard InChI is InChI=1S/C22H29N5/c1-14(2)11-15-3-5-16(6-4-15)19-12-27(18-9-7-17(23)8-10-18)22-20(19)21(24)25-13-26-22/h3-6,12-14,17-18H,7-11,23H2,1-2H3,(H2,24,25,26). The molecule has 4 rings (SSSR count). The van der Waals surface area contributed by atoms with Crippen LogP contribution in [0.15, 0.2) is 36.8 Å². The Kier molecular flexibility index (Phi) is 4.87. The van der Waals surface area contributed by atoms with Gasteiger partial charge in [0.1, 0.15) is 17.8 Å². The topological polar surface area (TPSA) is 82.8 Å². The maximum atomic E-state index is 6.27. The Morgan fingerprint density at radius 3 is 2.44 bits per heavy atom. The predicted octanol–water partition coefficient (Wildman–Crippen LogP) is 4.32. The summed E-state index contributed by atoms with van der Waals surface area (Å²) in [5.41, 5.74) is 17.0. The molecule has 0 bridgehead atoms. The highest BCUT2D eigenvalue weighted by Gasteiger charge is 2.24. The van der Waals surface area contributed by atoms with Gasteiger partial charge in [0.25, 0.3) is 0 Å². The molecule has 1 aromatic carbocycles. The van der Waals surface area contributed by atoms with Gasteiger partial charge in [0, 0.05) is 23.8 Å². The molecule has 0 unspecified atom stereocenters. The van der Waals surface area contributed by atoms with Crippen LogP contribution in [-0.4, -0.2) is 20.6 Å². The molecule has 1 saturated carbocycles. The van der Waals surface area contributed by atoms with Gasteiger partial charge < -0.3 is 16.0 Å². The predicted molar refractivity (Wildman–Crippen MR) is 111 cm³/mol. The van der Waals surface area contributed by atoms with E-state index in [4.69, 9.17) is 11.5 Å². The zero-order valence-electron chi connectivity index (χ0n) is 16.2. The number of rotatable bonds is 4. The Morgan fingerprint density at radius 1 is 1.07 bits per heavy atom. The van der Waals surface area contributed by atoms with E-state index in [0.717, 1.165) is 48.7 Å². The quantitative estimate of drug-likeness (QED) is 0.723. The highest BCUT2D eigenvalue weighted by atomic mass is 15.1. The normalized spacial score (nSPS) is 20.4. The Morgan fingerprint density at radius 2 is 1.78 bits per heavy atom. The lowest BCUT2D eigenvalue weighted by molar-refractivity contribution is 0.329. The second kappa shape index (κ2) is 7.31. The SMILES string of the molecule is CC(C)Cc1ccc(-c2cn(C3CCC(N)CC3)c3ncnc(N)c23)cc1. The van der Waals surface area contributed by atoms with E-state index in [9.17, 15) is 0 Å². The van der Waals surface area contributed by atoms with Crippen LogP contribution in [0.2, 0.25) is 0 Å². The summed E-state index contributed by atoms with van der Waals surface area (Å²) < 4.78 is 2.30. The molecule has 27 heavy (non-hydrogen) atoms. The summed E-state index contributed by atoms with van der Waals surface area (Å²) in [6, 6.07) is 9.59. The highest BCUT2D eigenvalue weighted by molar-refractivity contribution is 6.00. The number of nitrogen functional groups attached to an aromatic ring is 1. The van der Waals surface area contributed by atoms with E-state index in [-0.39, 0.29) is 0 Å². The van der Waals surface area contributed by atoms with Crippen molar-refractivity contribution in [2.24, 2.45) is 11.7 Å². The number of hydrogen-bond acceptors (Lipinski definition) is 4. The minimum absolute atomic E-state index is 0.329. The van der Waals surface area contributed by atoms with Crippen molar-refractivity contribution in [2.75, 3.05) is 5.73 Å². The van der Waals surface area contributed by atoms with Crippen LogP contribution in [0.5, 0.6) is 0 Å². The van der Waals surface area contributed by atoms with Crippen molar-refractivity contribution in [1.82, 2.24) is 14.5 Å². The number of nitrogens with zero attached hydrogens (tertiary/aromatic N) is 3. The summed E-state index contributed by atoms with van der Waals surface area (Å²) in [4.78, 5) is 8.83. The fraction of sp³-hybridized carbons (Fsp3) is 0.455. The average Bonchev–Trinajstić information content (AvgIpc) is 3.04. The summed E-state index contributed by atoms with van der Waals surface area (Å²) in [6.45, 7) is 4.49. The van der Waals surface area contributed by atoms with Crippen LogP contribution >= 0.6 is 0 Å². The van der Waals surface area contributed by atoms with Crippen LogP contribution in [0.25, 0.3) is 22.2 Å². The third kappa shape index (κ3) is 3.56. The molecule has 1 fully saturated rings. The Bertz CT molecular complexity index is 918. The maximum Gasteiger partial charge on any atom is 0.146 e. The molecule has 5 heteroatoms. The molecule has 0 amide bonds. The van der Waals surface area contributed by atoms with Gasteiger partial charge in [-0.1, -0.05) is 38.1 Å². The van der Waals surface area contributed by atoms with Crippen molar-refractivity contribution in [2.45, 2.75) is 58.0 Å². The fourth-order valence-corrected chi connectivity index (χ4v) is 4.28. The lowest BCUT2D eigenvalue weighted by Gasteiger charge is -2.27. The Hall–Kier alpha value is -2.40. The highest BCUT2D eigenvalue weighted by Crippen LogP contribution is 2.37. The molecule has 0 saturated heterocycles. The van der Waals surface area contributed by atoms with Crippen LogP contribution in [0, 0.1) is 5.92 Å². The first-order chi connectivity index (χ1) is 13.0. The van der Waals surface area contributed by atoms with Gasteiger partial charge in [-0.2, -0.15) is 0 Å². The maximum absolute atomic E-state index is 6.27. The van der Waals surface area contributed by atoms with Crippen molar-refractivity contribution < 1.29 is 0 Å². The number of nitrogens with two attached hydrogens (primary N) is 2. The molecule has 3 aromatic rings. The van der Waals surface area contributed by atoms with Gasteiger partial charge in [-0.05, 0) is 49.1 Å². The fourth-order valence-electron chi connectivity index (χ4n) is 4.28. The number of hydrogen-bond donors (Lipinski definition) is 2. The lowest BCUT2D eigenvalue weighted by Crippen LogP contribution is -2.27. The van der Waals surface area contributed by atoms with Crippen molar-refractivity contribution in [3.8, 4) is 11.1 Å². The van der Waals surface area contributed by atoms with Gasteiger partial charge in [-0.25, -0.2) is 9.97 Å². The molecular weight excluding hydrogens is 334 g/mol. The Balaban J connectivity index is 1.76. The molecule has 0 radical (unpaired) electrons. The van der Waals surface area contributed by atoms with Crippen molar-refractivity contribution in [3.63, 3.8) is 0 Å². The zero-order chi connectivity index (χ0) is 19.0. The molecule has 0 atom stereocenters.